The maximum absolute atomic E-state index is 6.13. The van der Waals surface area contributed by atoms with E-state index in [2.05, 4.69) is 41.4 Å². The molecule has 3 atom stereocenters. The molecule has 1 aromatic heterocycles. The first-order valence-electron chi connectivity index (χ1n) is 7.63. The van der Waals surface area contributed by atoms with Gasteiger partial charge in [-0.2, -0.15) is 5.10 Å². The van der Waals surface area contributed by atoms with Crippen molar-refractivity contribution in [1.29, 1.82) is 0 Å². The van der Waals surface area contributed by atoms with Crippen LogP contribution in [0.15, 0.2) is 24.3 Å². The largest absolute Gasteiger partial charge is 0.382 e. The number of hydrogen-bond donors (Lipinski definition) is 2. The molecular formula is C17H21N3. The van der Waals surface area contributed by atoms with Gasteiger partial charge < -0.3 is 5.73 Å². The summed E-state index contributed by atoms with van der Waals surface area (Å²) in [6.45, 7) is 2.11. The molecule has 0 amide bonds. The molecule has 2 aromatic rings. The molecule has 2 aliphatic carbocycles. The van der Waals surface area contributed by atoms with E-state index in [9.17, 15) is 0 Å². The van der Waals surface area contributed by atoms with Crippen LogP contribution < -0.4 is 5.73 Å². The molecule has 2 aliphatic rings. The Bertz CT molecular complexity index is 626. The van der Waals surface area contributed by atoms with E-state index in [0.29, 0.717) is 11.7 Å². The zero-order chi connectivity index (χ0) is 13.7. The standard InChI is InChI=1S/C17H21N3/c1-10-2-5-12(6-3-10)15-16(19-20-17(15)18)14-9-11-4-7-13(14)8-11/h2-3,5-6,11,13-14H,4,7-9H2,1H3,(H3,18,19,20). The summed E-state index contributed by atoms with van der Waals surface area (Å²) >= 11 is 0. The molecule has 4 rings (SSSR count). The van der Waals surface area contributed by atoms with Crippen molar-refractivity contribution in [2.45, 2.75) is 38.5 Å². The minimum absolute atomic E-state index is 0.634. The Morgan fingerprint density at radius 1 is 1.15 bits per heavy atom. The van der Waals surface area contributed by atoms with Crippen LogP contribution in [-0.2, 0) is 0 Å². The van der Waals surface area contributed by atoms with E-state index in [1.165, 1.54) is 42.5 Å². The van der Waals surface area contributed by atoms with E-state index in [1.807, 2.05) is 0 Å². The maximum atomic E-state index is 6.13. The van der Waals surface area contributed by atoms with Gasteiger partial charge in [0.1, 0.15) is 0 Å². The number of rotatable bonds is 2. The number of benzene rings is 1. The maximum Gasteiger partial charge on any atom is 0.153 e. The predicted octanol–water partition coefficient (Wildman–Crippen LogP) is 3.87. The van der Waals surface area contributed by atoms with Gasteiger partial charge in [-0.1, -0.05) is 36.2 Å². The first-order valence-corrected chi connectivity index (χ1v) is 7.63. The second-order valence-electron chi connectivity index (χ2n) is 6.54. The molecule has 0 spiro atoms. The summed E-state index contributed by atoms with van der Waals surface area (Å²) in [5, 5.41) is 7.54. The lowest BCUT2D eigenvalue weighted by Crippen LogP contribution is -2.10. The van der Waals surface area contributed by atoms with Crippen LogP contribution in [0, 0.1) is 18.8 Å². The Morgan fingerprint density at radius 3 is 2.60 bits per heavy atom. The molecule has 3 heteroatoms. The number of nitrogens with one attached hydrogen (secondary N) is 1. The van der Waals surface area contributed by atoms with Gasteiger partial charge in [-0.3, -0.25) is 5.10 Å². The quantitative estimate of drug-likeness (QED) is 0.867. The monoisotopic (exact) mass is 267 g/mol. The lowest BCUT2D eigenvalue weighted by atomic mass is 9.84. The molecule has 0 aliphatic heterocycles. The van der Waals surface area contributed by atoms with Crippen LogP contribution >= 0.6 is 0 Å². The fourth-order valence-corrected chi connectivity index (χ4v) is 4.26. The van der Waals surface area contributed by atoms with Crippen molar-refractivity contribution in [3.05, 3.63) is 35.5 Å². The Hall–Kier alpha value is -1.77. The number of fused-ring (bicyclic) bond motifs is 2. The number of hydrogen-bond acceptors (Lipinski definition) is 2. The molecule has 1 heterocycles. The van der Waals surface area contributed by atoms with Crippen LogP contribution in [0.5, 0.6) is 0 Å². The van der Waals surface area contributed by atoms with Gasteiger partial charge in [-0.15, -0.1) is 0 Å². The van der Waals surface area contributed by atoms with Gasteiger partial charge in [0.25, 0.3) is 0 Å². The third-order valence-electron chi connectivity index (χ3n) is 5.27. The van der Waals surface area contributed by atoms with Gasteiger partial charge in [-0.25, -0.2) is 0 Å². The molecule has 2 saturated carbocycles. The highest BCUT2D eigenvalue weighted by Crippen LogP contribution is 2.54. The number of nitrogen functional groups attached to an aromatic ring is 1. The van der Waals surface area contributed by atoms with E-state index in [4.69, 9.17) is 5.73 Å². The molecule has 2 fully saturated rings. The average molecular weight is 267 g/mol. The van der Waals surface area contributed by atoms with Crippen LogP contribution in [-0.4, -0.2) is 10.2 Å². The molecule has 20 heavy (non-hydrogen) atoms. The SMILES string of the molecule is Cc1ccc(-c2c(N)n[nH]c2C2CC3CCC2C3)cc1. The third-order valence-corrected chi connectivity index (χ3v) is 5.27. The van der Waals surface area contributed by atoms with E-state index in [0.717, 1.165) is 17.4 Å². The zero-order valence-corrected chi connectivity index (χ0v) is 11.9. The van der Waals surface area contributed by atoms with E-state index >= 15 is 0 Å². The van der Waals surface area contributed by atoms with Gasteiger partial charge in [0, 0.05) is 17.2 Å². The number of aromatic nitrogens is 2. The minimum atomic E-state index is 0.634. The van der Waals surface area contributed by atoms with Crippen LogP contribution in [0.25, 0.3) is 11.1 Å². The number of aryl methyl sites for hydroxylation is 1. The van der Waals surface area contributed by atoms with Crippen molar-refractivity contribution < 1.29 is 0 Å². The fraction of sp³-hybridized carbons (Fsp3) is 0.471. The first-order chi connectivity index (χ1) is 9.72. The number of nitrogens with zero attached hydrogens (tertiary/aromatic N) is 1. The number of nitrogens with two attached hydrogens (primary N) is 1. The average Bonchev–Trinajstić information content (AvgIpc) is 3.14. The molecular weight excluding hydrogens is 246 g/mol. The van der Waals surface area contributed by atoms with Crippen molar-refractivity contribution in [2.24, 2.45) is 11.8 Å². The molecule has 3 N–H and O–H groups in total. The third kappa shape index (κ3) is 1.76. The Balaban J connectivity index is 1.76. The van der Waals surface area contributed by atoms with Crippen molar-refractivity contribution in [2.75, 3.05) is 5.73 Å². The Labute approximate surface area is 119 Å². The Morgan fingerprint density at radius 2 is 1.95 bits per heavy atom. The van der Waals surface area contributed by atoms with Crippen LogP contribution in [0.3, 0.4) is 0 Å². The molecule has 3 nitrogen and oxygen atoms in total. The lowest BCUT2D eigenvalue weighted by Gasteiger charge is -2.21. The van der Waals surface area contributed by atoms with E-state index in [1.54, 1.807) is 0 Å². The minimum Gasteiger partial charge on any atom is -0.382 e. The normalized spacial score (nSPS) is 28.1. The van der Waals surface area contributed by atoms with Gasteiger partial charge in [-0.05, 0) is 43.6 Å². The molecule has 0 saturated heterocycles. The van der Waals surface area contributed by atoms with Gasteiger partial charge in [0.2, 0.25) is 0 Å². The molecule has 1 aromatic carbocycles. The summed E-state index contributed by atoms with van der Waals surface area (Å²) in [6.07, 6.45) is 5.51. The molecule has 3 unspecified atom stereocenters. The van der Waals surface area contributed by atoms with Crippen LogP contribution in [0.4, 0.5) is 5.82 Å². The van der Waals surface area contributed by atoms with Crippen molar-refractivity contribution in [3.8, 4) is 11.1 Å². The topological polar surface area (TPSA) is 54.7 Å². The highest BCUT2D eigenvalue weighted by molar-refractivity contribution is 5.77. The number of H-pyrrole nitrogens is 1. The van der Waals surface area contributed by atoms with Gasteiger partial charge in [0.05, 0.1) is 0 Å². The van der Waals surface area contributed by atoms with Crippen LogP contribution in [0.2, 0.25) is 0 Å². The first kappa shape index (κ1) is 12.0. The Kier molecular flexibility index (Phi) is 2.62. The summed E-state index contributed by atoms with van der Waals surface area (Å²) in [4.78, 5) is 0. The smallest absolute Gasteiger partial charge is 0.153 e. The predicted molar refractivity (Wildman–Crippen MR) is 81.4 cm³/mol. The number of aromatic amines is 1. The molecule has 0 radical (unpaired) electrons. The second kappa shape index (κ2) is 4.37. The number of anilines is 1. The van der Waals surface area contributed by atoms with Crippen molar-refractivity contribution >= 4 is 5.82 Å². The highest BCUT2D eigenvalue weighted by atomic mass is 15.2. The van der Waals surface area contributed by atoms with Crippen LogP contribution in [0.1, 0.15) is 42.9 Å². The summed E-state index contributed by atoms with van der Waals surface area (Å²) in [6, 6.07) is 8.61. The molecule has 2 bridgehead atoms. The fourth-order valence-electron chi connectivity index (χ4n) is 4.26. The van der Waals surface area contributed by atoms with Gasteiger partial charge in [0.15, 0.2) is 5.82 Å². The summed E-state index contributed by atoms with van der Waals surface area (Å²) in [5.74, 6) is 3.05. The second-order valence-corrected chi connectivity index (χ2v) is 6.54. The summed E-state index contributed by atoms with van der Waals surface area (Å²) in [7, 11) is 0. The summed E-state index contributed by atoms with van der Waals surface area (Å²) < 4.78 is 0. The molecule has 104 valence electrons. The highest BCUT2D eigenvalue weighted by Gasteiger charge is 2.42. The van der Waals surface area contributed by atoms with Gasteiger partial charge >= 0.3 is 0 Å². The zero-order valence-electron chi connectivity index (χ0n) is 11.9. The van der Waals surface area contributed by atoms with Crippen molar-refractivity contribution in [3.63, 3.8) is 0 Å². The van der Waals surface area contributed by atoms with Crippen molar-refractivity contribution in [1.82, 2.24) is 10.2 Å². The summed E-state index contributed by atoms with van der Waals surface area (Å²) in [5.41, 5.74) is 11.0. The lowest BCUT2D eigenvalue weighted by molar-refractivity contribution is 0.413. The van der Waals surface area contributed by atoms with E-state index in [-0.39, 0.29) is 0 Å². The van der Waals surface area contributed by atoms with E-state index < -0.39 is 0 Å².